The second-order valence-corrected chi connectivity index (χ2v) is 8.53. The van der Waals surface area contributed by atoms with Gasteiger partial charge in [-0.05, 0) is 64.1 Å². The first-order valence-electron chi connectivity index (χ1n) is 9.76. The standard InChI is InChI=1S/C23H22ClFN4O3/c1-14-13-19(30)20(26-28(14)18-8-6-5-7-17(18)24)22(32)29(23(2,3)4)27-21(31)15-9-11-16(25)12-10-15/h5-13H,1-4H3,(H,27,31). The van der Waals surface area contributed by atoms with Crippen LogP contribution in [0.4, 0.5) is 4.39 Å². The largest absolute Gasteiger partial charge is 0.297 e. The molecule has 3 aromatic rings. The summed E-state index contributed by atoms with van der Waals surface area (Å²) in [6.45, 7) is 6.74. The molecule has 9 heteroatoms. The summed E-state index contributed by atoms with van der Waals surface area (Å²) in [6, 6.07) is 13.0. The van der Waals surface area contributed by atoms with Crippen molar-refractivity contribution in [3.05, 3.63) is 92.6 Å². The maximum atomic E-state index is 13.4. The fourth-order valence-corrected chi connectivity index (χ4v) is 3.18. The summed E-state index contributed by atoms with van der Waals surface area (Å²) < 4.78 is 14.6. The second kappa shape index (κ2) is 8.92. The van der Waals surface area contributed by atoms with Gasteiger partial charge in [0.2, 0.25) is 5.43 Å². The number of carbonyl (C=O) groups excluding carboxylic acids is 2. The summed E-state index contributed by atoms with van der Waals surface area (Å²) in [5.41, 5.74) is 1.76. The van der Waals surface area contributed by atoms with Crippen molar-refractivity contribution in [2.75, 3.05) is 0 Å². The molecule has 0 aliphatic heterocycles. The van der Waals surface area contributed by atoms with E-state index in [0.717, 1.165) is 17.1 Å². The lowest BCUT2D eigenvalue weighted by molar-refractivity contribution is 0.0351. The van der Waals surface area contributed by atoms with E-state index in [2.05, 4.69) is 10.5 Å². The number of halogens is 2. The quantitative estimate of drug-likeness (QED) is 0.605. The average molecular weight is 457 g/mol. The fraction of sp³-hybridized carbons (Fsp3) is 0.217. The Hall–Kier alpha value is -3.52. The Labute approximate surface area is 189 Å². The number of hydrogen-bond acceptors (Lipinski definition) is 4. The number of aryl methyl sites for hydroxylation is 1. The molecule has 0 fully saturated rings. The number of carbonyl (C=O) groups is 2. The van der Waals surface area contributed by atoms with Gasteiger partial charge in [-0.25, -0.2) is 14.1 Å². The van der Waals surface area contributed by atoms with E-state index >= 15 is 0 Å². The first kappa shape index (κ1) is 23.1. The van der Waals surface area contributed by atoms with Gasteiger partial charge in [-0.2, -0.15) is 5.10 Å². The van der Waals surface area contributed by atoms with E-state index in [-0.39, 0.29) is 11.3 Å². The molecule has 3 rings (SSSR count). The minimum atomic E-state index is -0.902. The number of benzene rings is 2. The Morgan fingerprint density at radius 2 is 1.72 bits per heavy atom. The summed E-state index contributed by atoms with van der Waals surface area (Å²) in [4.78, 5) is 38.7. The van der Waals surface area contributed by atoms with E-state index in [1.165, 1.54) is 22.9 Å². The molecule has 0 saturated heterocycles. The van der Waals surface area contributed by atoms with Crippen molar-refractivity contribution in [1.29, 1.82) is 0 Å². The third-order valence-corrected chi connectivity index (χ3v) is 4.90. The lowest BCUT2D eigenvalue weighted by Gasteiger charge is -2.35. The number of para-hydroxylation sites is 1. The van der Waals surface area contributed by atoms with E-state index < -0.39 is 28.6 Å². The monoisotopic (exact) mass is 456 g/mol. The minimum absolute atomic E-state index is 0.152. The molecule has 0 saturated carbocycles. The molecule has 166 valence electrons. The first-order valence-corrected chi connectivity index (χ1v) is 10.1. The lowest BCUT2D eigenvalue weighted by Crippen LogP contribution is -2.57. The predicted octanol–water partition coefficient (Wildman–Crippen LogP) is 3.92. The van der Waals surface area contributed by atoms with Crippen LogP contribution in [-0.4, -0.2) is 32.1 Å². The van der Waals surface area contributed by atoms with Crippen LogP contribution < -0.4 is 10.9 Å². The lowest BCUT2D eigenvalue weighted by atomic mass is 10.1. The minimum Gasteiger partial charge on any atom is -0.287 e. The van der Waals surface area contributed by atoms with Gasteiger partial charge in [-0.3, -0.25) is 19.8 Å². The maximum Gasteiger partial charge on any atom is 0.297 e. The van der Waals surface area contributed by atoms with Crippen LogP contribution in [0, 0.1) is 12.7 Å². The highest BCUT2D eigenvalue weighted by molar-refractivity contribution is 6.32. The summed E-state index contributed by atoms with van der Waals surface area (Å²) in [5, 5.41) is 5.68. The number of nitrogens with zero attached hydrogens (tertiary/aromatic N) is 3. The van der Waals surface area contributed by atoms with Crippen molar-refractivity contribution in [3.63, 3.8) is 0 Å². The molecule has 2 amide bonds. The zero-order valence-corrected chi connectivity index (χ0v) is 18.8. The van der Waals surface area contributed by atoms with Crippen LogP contribution in [0.15, 0.2) is 59.4 Å². The molecule has 0 atom stereocenters. The molecule has 0 aliphatic rings. The third kappa shape index (κ3) is 4.86. The van der Waals surface area contributed by atoms with Gasteiger partial charge in [0.25, 0.3) is 11.8 Å². The van der Waals surface area contributed by atoms with Crippen molar-refractivity contribution >= 4 is 23.4 Å². The van der Waals surface area contributed by atoms with Gasteiger partial charge in [0.15, 0.2) is 5.69 Å². The van der Waals surface area contributed by atoms with Gasteiger partial charge >= 0.3 is 0 Å². The topological polar surface area (TPSA) is 84.3 Å². The molecule has 32 heavy (non-hydrogen) atoms. The van der Waals surface area contributed by atoms with Gasteiger partial charge in [0, 0.05) is 17.3 Å². The van der Waals surface area contributed by atoms with Gasteiger partial charge in [0.05, 0.1) is 16.2 Å². The normalized spacial score (nSPS) is 11.2. The van der Waals surface area contributed by atoms with Crippen LogP contribution in [0.3, 0.4) is 0 Å². The Bertz CT molecular complexity index is 1230. The number of aromatic nitrogens is 2. The molecule has 2 aromatic carbocycles. The highest BCUT2D eigenvalue weighted by atomic mass is 35.5. The summed E-state index contributed by atoms with van der Waals surface area (Å²) >= 11 is 6.27. The Morgan fingerprint density at radius 3 is 2.31 bits per heavy atom. The van der Waals surface area contributed by atoms with Crippen molar-refractivity contribution in [2.24, 2.45) is 0 Å². The number of rotatable bonds is 3. The molecule has 0 spiro atoms. The number of hydrogen-bond donors (Lipinski definition) is 1. The summed E-state index contributed by atoms with van der Waals surface area (Å²) in [5.74, 6) is -1.92. The van der Waals surface area contributed by atoms with Gasteiger partial charge in [-0.15, -0.1) is 0 Å². The molecule has 1 N–H and O–H groups in total. The van der Waals surface area contributed by atoms with Crippen LogP contribution in [0.5, 0.6) is 0 Å². The number of hydrazine groups is 1. The number of amides is 2. The van der Waals surface area contributed by atoms with Crippen LogP contribution in [0.1, 0.15) is 47.3 Å². The highest BCUT2D eigenvalue weighted by Crippen LogP contribution is 2.20. The second-order valence-electron chi connectivity index (χ2n) is 8.12. The molecule has 1 aromatic heterocycles. The highest BCUT2D eigenvalue weighted by Gasteiger charge is 2.32. The van der Waals surface area contributed by atoms with E-state index in [1.807, 2.05) is 0 Å². The fourth-order valence-electron chi connectivity index (χ4n) is 2.96. The van der Waals surface area contributed by atoms with E-state index in [0.29, 0.717) is 16.4 Å². The van der Waals surface area contributed by atoms with Crippen molar-refractivity contribution in [3.8, 4) is 5.69 Å². The molecule has 0 bridgehead atoms. The Balaban J connectivity index is 2.02. The van der Waals surface area contributed by atoms with Crippen LogP contribution in [0.25, 0.3) is 5.69 Å². The summed E-state index contributed by atoms with van der Waals surface area (Å²) in [7, 11) is 0. The first-order chi connectivity index (χ1) is 15.0. The predicted molar refractivity (Wildman–Crippen MR) is 119 cm³/mol. The van der Waals surface area contributed by atoms with Crippen LogP contribution in [-0.2, 0) is 0 Å². The zero-order chi connectivity index (χ0) is 23.6. The SMILES string of the molecule is Cc1cc(=O)c(C(=O)N(NC(=O)c2ccc(F)cc2)C(C)(C)C)nn1-c1ccccc1Cl. The zero-order valence-electron chi connectivity index (χ0n) is 18.0. The van der Waals surface area contributed by atoms with Gasteiger partial charge in [0.1, 0.15) is 5.82 Å². The van der Waals surface area contributed by atoms with Gasteiger partial charge < -0.3 is 0 Å². The molecule has 0 aliphatic carbocycles. The van der Waals surface area contributed by atoms with E-state index in [4.69, 9.17) is 11.6 Å². The van der Waals surface area contributed by atoms with Gasteiger partial charge in [-0.1, -0.05) is 23.7 Å². The molecular formula is C23H22ClFN4O3. The molecular weight excluding hydrogens is 435 g/mol. The Morgan fingerprint density at radius 1 is 1.09 bits per heavy atom. The molecule has 7 nitrogen and oxygen atoms in total. The Kier molecular flexibility index (Phi) is 6.45. The van der Waals surface area contributed by atoms with Crippen molar-refractivity contribution in [1.82, 2.24) is 20.2 Å². The van der Waals surface area contributed by atoms with Crippen molar-refractivity contribution < 1.29 is 14.0 Å². The maximum absolute atomic E-state index is 13.4. The van der Waals surface area contributed by atoms with Crippen molar-refractivity contribution in [2.45, 2.75) is 33.2 Å². The van der Waals surface area contributed by atoms with E-state index in [9.17, 15) is 18.8 Å². The molecule has 0 unspecified atom stereocenters. The average Bonchev–Trinajstić information content (AvgIpc) is 2.72. The number of nitrogens with one attached hydrogen (secondary N) is 1. The van der Waals surface area contributed by atoms with Crippen LogP contribution in [0.2, 0.25) is 5.02 Å². The summed E-state index contributed by atoms with van der Waals surface area (Å²) in [6.07, 6.45) is 0. The third-order valence-electron chi connectivity index (χ3n) is 4.58. The van der Waals surface area contributed by atoms with Crippen LogP contribution >= 0.6 is 11.6 Å². The van der Waals surface area contributed by atoms with E-state index in [1.54, 1.807) is 52.0 Å². The molecule has 1 heterocycles. The smallest absolute Gasteiger partial charge is 0.287 e. The molecule has 0 radical (unpaired) electrons.